The van der Waals surface area contributed by atoms with E-state index in [4.69, 9.17) is 4.74 Å². The first-order chi connectivity index (χ1) is 11.9. The fourth-order valence-corrected chi connectivity index (χ4v) is 4.63. The summed E-state index contributed by atoms with van der Waals surface area (Å²) in [6.45, 7) is 1.95. The van der Waals surface area contributed by atoms with Crippen LogP contribution in [0.4, 0.5) is 0 Å². The molecule has 8 heteroatoms. The second kappa shape index (κ2) is 6.99. The lowest BCUT2D eigenvalue weighted by molar-refractivity contribution is 0.287. The van der Waals surface area contributed by atoms with Gasteiger partial charge in [0, 0.05) is 7.05 Å². The lowest BCUT2D eigenvalue weighted by Crippen LogP contribution is -2.36. The minimum absolute atomic E-state index is 0.123. The van der Waals surface area contributed by atoms with Crippen molar-refractivity contribution in [1.82, 2.24) is 9.29 Å². The Morgan fingerprint density at radius 2 is 1.92 bits per heavy atom. The number of para-hydroxylation sites is 1. The predicted molar refractivity (Wildman–Crippen MR) is 98.8 cm³/mol. The Morgan fingerprint density at radius 1 is 1.20 bits per heavy atom. The van der Waals surface area contributed by atoms with E-state index in [2.05, 4.69) is 4.72 Å². The maximum absolute atomic E-state index is 12.5. The number of sulfonamides is 1. The van der Waals surface area contributed by atoms with Gasteiger partial charge in [-0.05, 0) is 37.3 Å². The number of hydrogen-bond acceptors (Lipinski definition) is 5. The Kier molecular flexibility index (Phi) is 4.94. The molecule has 0 aliphatic carbocycles. The minimum Gasteiger partial charge on any atom is -0.492 e. The zero-order chi connectivity index (χ0) is 18.0. The molecule has 25 heavy (non-hydrogen) atoms. The molecule has 0 spiro atoms. The SMILES string of the molecule is CC(COc1ccccc1)NS(=O)(=O)c1ccc2c(c1)sc(=O)n2C. The lowest BCUT2D eigenvalue weighted by atomic mass is 10.3. The van der Waals surface area contributed by atoms with E-state index >= 15 is 0 Å². The molecule has 1 atom stereocenters. The molecule has 0 saturated heterocycles. The van der Waals surface area contributed by atoms with Gasteiger partial charge in [0.05, 0.1) is 21.2 Å². The fraction of sp³-hybridized carbons (Fsp3) is 0.235. The molecular formula is C17H18N2O4S2. The van der Waals surface area contributed by atoms with Crippen LogP contribution in [0.5, 0.6) is 5.75 Å². The van der Waals surface area contributed by atoms with Crippen LogP contribution in [-0.4, -0.2) is 25.6 Å². The molecule has 1 N–H and O–H groups in total. The third-order valence-electron chi connectivity index (χ3n) is 3.67. The van der Waals surface area contributed by atoms with Crippen molar-refractivity contribution in [2.75, 3.05) is 6.61 Å². The Balaban J connectivity index is 1.73. The average molecular weight is 378 g/mol. The predicted octanol–water partition coefficient (Wildman–Crippen LogP) is 2.35. The molecule has 132 valence electrons. The highest BCUT2D eigenvalue weighted by Crippen LogP contribution is 2.21. The van der Waals surface area contributed by atoms with Gasteiger partial charge < -0.3 is 9.30 Å². The number of aryl methyl sites for hydroxylation is 1. The van der Waals surface area contributed by atoms with Gasteiger partial charge in [-0.1, -0.05) is 29.5 Å². The van der Waals surface area contributed by atoms with Crippen LogP contribution in [0.3, 0.4) is 0 Å². The first-order valence-corrected chi connectivity index (χ1v) is 9.96. The number of rotatable bonds is 6. The van der Waals surface area contributed by atoms with Crippen LogP contribution in [-0.2, 0) is 17.1 Å². The molecule has 3 rings (SSSR count). The van der Waals surface area contributed by atoms with Crippen LogP contribution in [0.15, 0.2) is 58.2 Å². The van der Waals surface area contributed by atoms with Gasteiger partial charge in [-0.2, -0.15) is 0 Å². The minimum atomic E-state index is -3.69. The van der Waals surface area contributed by atoms with Crippen molar-refractivity contribution in [3.05, 3.63) is 58.2 Å². The summed E-state index contributed by atoms with van der Waals surface area (Å²) < 4.78 is 35.4. The molecule has 2 aromatic carbocycles. The highest BCUT2D eigenvalue weighted by Gasteiger charge is 2.19. The summed E-state index contributed by atoms with van der Waals surface area (Å²) in [6, 6.07) is 13.5. The largest absolute Gasteiger partial charge is 0.492 e. The zero-order valence-electron chi connectivity index (χ0n) is 13.8. The fourth-order valence-electron chi connectivity index (χ4n) is 2.39. The normalized spacial score (nSPS) is 13.0. The van der Waals surface area contributed by atoms with Gasteiger partial charge in [0.2, 0.25) is 10.0 Å². The molecule has 0 amide bonds. The van der Waals surface area contributed by atoms with E-state index < -0.39 is 16.1 Å². The second-order valence-electron chi connectivity index (χ2n) is 5.70. The molecule has 0 aliphatic rings. The number of nitrogens with one attached hydrogen (secondary N) is 1. The van der Waals surface area contributed by atoms with Gasteiger partial charge in [-0.3, -0.25) is 4.79 Å². The zero-order valence-corrected chi connectivity index (χ0v) is 15.4. The van der Waals surface area contributed by atoms with Gasteiger partial charge in [0.25, 0.3) is 0 Å². The van der Waals surface area contributed by atoms with Crippen molar-refractivity contribution >= 4 is 31.6 Å². The van der Waals surface area contributed by atoms with E-state index in [9.17, 15) is 13.2 Å². The van der Waals surface area contributed by atoms with E-state index in [1.165, 1.54) is 16.7 Å². The molecule has 0 bridgehead atoms. The number of nitrogens with zero attached hydrogens (tertiary/aromatic N) is 1. The third-order valence-corrected chi connectivity index (χ3v) is 6.26. The van der Waals surface area contributed by atoms with E-state index in [1.807, 2.05) is 30.3 Å². The Bertz CT molecular complexity index is 1040. The maximum Gasteiger partial charge on any atom is 0.307 e. The van der Waals surface area contributed by atoms with Crippen molar-refractivity contribution < 1.29 is 13.2 Å². The highest BCUT2D eigenvalue weighted by molar-refractivity contribution is 7.89. The quantitative estimate of drug-likeness (QED) is 0.714. The molecule has 1 aromatic heterocycles. The molecule has 0 fully saturated rings. The van der Waals surface area contributed by atoms with Crippen LogP contribution in [0.25, 0.3) is 10.2 Å². The smallest absolute Gasteiger partial charge is 0.307 e. The first-order valence-electron chi connectivity index (χ1n) is 7.66. The van der Waals surface area contributed by atoms with Crippen molar-refractivity contribution in [2.45, 2.75) is 17.9 Å². The first kappa shape index (κ1) is 17.7. The topological polar surface area (TPSA) is 77.4 Å². The summed E-state index contributed by atoms with van der Waals surface area (Å²) in [6.07, 6.45) is 0. The summed E-state index contributed by atoms with van der Waals surface area (Å²) in [7, 11) is -2.03. The molecule has 1 unspecified atom stereocenters. The van der Waals surface area contributed by atoms with E-state index in [-0.39, 0.29) is 16.4 Å². The molecule has 6 nitrogen and oxygen atoms in total. The Hall–Kier alpha value is -2.16. The summed E-state index contributed by atoms with van der Waals surface area (Å²) in [5.74, 6) is 0.684. The van der Waals surface area contributed by atoms with Crippen LogP contribution >= 0.6 is 11.3 Å². The van der Waals surface area contributed by atoms with E-state index in [0.717, 1.165) is 16.9 Å². The van der Waals surface area contributed by atoms with Gasteiger partial charge in [0.1, 0.15) is 12.4 Å². The molecule has 1 heterocycles. The number of thiazole rings is 1. The Morgan fingerprint density at radius 3 is 2.64 bits per heavy atom. The summed E-state index contributed by atoms with van der Waals surface area (Å²) in [5, 5.41) is 0. The van der Waals surface area contributed by atoms with Crippen LogP contribution in [0.1, 0.15) is 6.92 Å². The molecule has 0 aliphatic heterocycles. The van der Waals surface area contributed by atoms with Gasteiger partial charge in [-0.25, -0.2) is 13.1 Å². The van der Waals surface area contributed by atoms with Crippen LogP contribution < -0.4 is 14.3 Å². The molecule has 0 radical (unpaired) electrons. The van der Waals surface area contributed by atoms with Crippen LogP contribution in [0, 0.1) is 0 Å². The van der Waals surface area contributed by atoms with Crippen molar-refractivity contribution in [3.8, 4) is 5.75 Å². The van der Waals surface area contributed by atoms with Crippen molar-refractivity contribution in [2.24, 2.45) is 7.05 Å². The van der Waals surface area contributed by atoms with Gasteiger partial charge in [-0.15, -0.1) is 0 Å². The maximum atomic E-state index is 12.5. The van der Waals surface area contributed by atoms with Crippen LogP contribution in [0.2, 0.25) is 0 Å². The number of hydrogen-bond donors (Lipinski definition) is 1. The standard InChI is InChI=1S/C17H18N2O4S2/c1-12(11-23-13-6-4-3-5-7-13)18-25(21,22)14-8-9-15-16(10-14)24-17(20)19(15)2/h3-10,12,18H,11H2,1-2H3. The Labute approximate surface area is 149 Å². The van der Waals surface area contributed by atoms with Crippen molar-refractivity contribution in [1.29, 1.82) is 0 Å². The number of benzene rings is 2. The molecule has 0 saturated carbocycles. The summed E-state index contributed by atoms with van der Waals surface area (Å²) >= 11 is 1.03. The monoisotopic (exact) mass is 378 g/mol. The number of fused-ring (bicyclic) bond motifs is 1. The lowest BCUT2D eigenvalue weighted by Gasteiger charge is -2.15. The summed E-state index contributed by atoms with van der Waals surface area (Å²) in [5.41, 5.74) is 0.717. The number of ether oxygens (including phenoxy) is 1. The summed E-state index contributed by atoms with van der Waals surface area (Å²) in [4.78, 5) is 11.7. The van der Waals surface area contributed by atoms with Gasteiger partial charge in [0.15, 0.2) is 0 Å². The molecular weight excluding hydrogens is 360 g/mol. The second-order valence-corrected chi connectivity index (χ2v) is 8.41. The average Bonchev–Trinajstić information content (AvgIpc) is 2.87. The highest BCUT2D eigenvalue weighted by atomic mass is 32.2. The van der Waals surface area contributed by atoms with Gasteiger partial charge >= 0.3 is 4.87 Å². The van der Waals surface area contributed by atoms with E-state index in [1.54, 1.807) is 20.0 Å². The van der Waals surface area contributed by atoms with E-state index in [0.29, 0.717) is 10.4 Å². The van der Waals surface area contributed by atoms with Crippen molar-refractivity contribution in [3.63, 3.8) is 0 Å². The molecule has 3 aromatic rings. The number of aromatic nitrogens is 1. The third kappa shape index (κ3) is 3.92.